The predicted molar refractivity (Wildman–Crippen MR) is 294 cm³/mol. The number of dihydropyridines is 1. The molecule has 0 spiro atoms. The lowest BCUT2D eigenvalue weighted by Gasteiger charge is -2.19. The van der Waals surface area contributed by atoms with E-state index in [-0.39, 0.29) is 6.04 Å². The summed E-state index contributed by atoms with van der Waals surface area (Å²) in [5, 5.41) is 8.30. The van der Waals surface area contributed by atoms with Crippen LogP contribution in [0.3, 0.4) is 0 Å². The molecule has 2 aliphatic rings. The molecule has 1 unspecified atom stereocenters. The zero-order chi connectivity index (χ0) is 46.6. The Balaban J connectivity index is 0.820. The number of hydrogen-bond acceptors (Lipinski definition) is 3. The topological polar surface area (TPSA) is 48.5 Å². The van der Waals surface area contributed by atoms with Crippen molar-refractivity contribution < 1.29 is 8.83 Å². The van der Waals surface area contributed by atoms with Gasteiger partial charge in [0.2, 0.25) is 0 Å². The first-order valence-corrected chi connectivity index (χ1v) is 24.5. The van der Waals surface area contributed by atoms with E-state index in [0.29, 0.717) is 0 Å². The van der Waals surface area contributed by atoms with Crippen LogP contribution in [0.1, 0.15) is 46.9 Å². The molecule has 0 fully saturated rings. The molecule has 4 aromatic heterocycles. The van der Waals surface area contributed by atoms with E-state index in [1.54, 1.807) is 0 Å². The average Bonchev–Trinajstić information content (AvgIpc) is 4.15. The predicted octanol–water partition coefficient (Wildman–Crippen LogP) is 17.5. The van der Waals surface area contributed by atoms with Crippen molar-refractivity contribution in [2.45, 2.75) is 18.9 Å². The summed E-state index contributed by atoms with van der Waals surface area (Å²) in [5.74, 6) is 0.907. The normalized spacial score (nSPS) is 14.8. The summed E-state index contributed by atoms with van der Waals surface area (Å²) in [7, 11) is 0. The summed E-state index contributed by atoms with van der Waals surface area (Å²) >= 11 is 0. The van der Waals surface area contributed by atoms with Gasteiger partial charge in [-0.2, -0.15) is 0 Å². The van der Waals surface area contributed by atoms with E-state index in [0.717, 1.165) is 96.3 Å². The Morgan fingerprint density at radius 2 is 1.01 bits per heavy atom. The zero-order valence-electron chi connectivity index (χ0n) is 38.6. The van der Waals surface area contributed by atoms with E-state index in [2.05, 4.69) is 228 Å². The second kappa shape index (κ2) is 15.7. The number of rotatable bonds is 6. The van der Waals surface area contributed by atoms with Gasteiger partial charge < -0.3 is 18.0 Å². The van der Waals surface area contributed by atoms with Gasteiger partial charge in [-0.15, -0.1) is 0 Å². The van der Waals surface area contributed by atoms with Gasteiger partial charge in [-0.3, -0.25) is 4.99 Å². The van der Waals surface area contributed by atoms with Crippen molar-refractivity contribution in [3.63, 3.8) is 0 Å². The van der Waals surface area contributed by atoms with Crippen LogP contribution in [-0.4, -0.2) is 14.8 Å². The summed E-state index contributed by atoms with van der Waals surface area (Å²) < 4.78 is 17.7. The molecule has 1 atom stereocenters. The number of nitrogens with zero attached hydrogens (tertiary/aromatic N) is 3. The average molecular weight is 910 g/mol. The first-order chi connectivity index (χ1) is 35.2. The van der Waals surface area contributed by atoms with E-state index in [1.165, 1.54) is 54.9 Å². The van der Waals surface area contributed by atoms with Gasteiger partial charge in [0.05, 0.1) is 33.8 Å². The van der Waals surface area contributed by atoms with Crippen molar-refractivity contribution in [1.82, 2.24) is 9.13 Å². The first kappa shape index (κ1) is 39.8. The van der Waals surface area contributed by atoms with E-state index in [1.807, 2.05) is 12.1 Å². The van der Waals surface area contributed by atoms with Gasteiger partial charge in [-0.05, 0) is 120 Å². The second-order valence-electron chi connectivity index (χ2n) is 18.8. The summed E-state index contributed by atoms with van der Waals surface area (Å²) in [6, 6.07) is 72.1. The highest BCUT2D eigenvalue weighted by Crippen LogP contribution is 2.46. The van der Waals surface area contributed by atoms with Crippen LogP contribution in [0.15, 0.2) is 238 Å². The maximum atomic E-state index is 6.44. The van der Waals surface area contributed by atoms with Crippen LogP contribution in [0.2, 0.25) is 0 Å². The zero-order valence-corrected chi connectivity index (χ0v) is 38.6. The largest absolute Gasteiger partial charge is 0.456 e. The minimum atomic E-state index is -0.0451. The monoisotopic (exact) mass is 909 g/mol. The van der Waals surface area contributed by atoms with E-state index in [4.69, 9.17) is 13.8 Å². The lowest BCUT2D eigenvalue weighted by Crippen LogP contribution is -2.08. The molecule has 15 rings (SSSR count). The molecule has 5 heterocycles. The SMILES string of the molecule is C1=Cc2oc3ccccc3c2C(c2cccc3c2c2ccccc2n3-c2cccc(C3=NC(c4cccc(-n5c6ccccc6c6c(-c7cccc8oc9ccccc9c78)cccc65)c4)CC=C3)c2)=CC1. The summed E-state index contributed by atoms with van der Waals surface area (Å²) in [5.41, 5.74) is 18.7. The molecule has 0 saturated carbocycles. The van der Waals surface area contributed by atoms with E-state index < -0.39 is 0 Å². The van der Waals surface area contributed by atoms with Crippen LogP contribution < -0.4 is 0 Å². The quantitative estimate of drug-likeness (QED) is 0.167. The molecule has 71 heavy (non-hydrogen) atoms. The molecule has 1 aliphatic heterocycles. The number of fused-ring (bicyclic) bond motifs is 12. The highest BCUT2D eigenvalue weighted by molar-refractivity contribution is 6.21. The van der Waals surface area contributed by atoms with Crippen LogP contribution in [-0.2, 0) is 0 Å². The van der Waals surface area contributed by atoms with Gasteiger partial charge in [0.15, 0.2) is 0 Å². The number of hydrogen-bond donors (Lipinski definition) is 0. The van der Waals surface area contributed by atoms with Crippen molar-refractivity contribution in [3.05, 3.63) is 253 Å². The Bertz CT molecular complexity index is 4480. The van der Waals surface area contributed by atoms with Crippen molar-refractivity contribution >= 4 is 93.9 Å². The molecular formula is C66H43N3O2. The second-order valence-corrected chi connectivity index (χ2v) is 18.8. The summed E-state index contributed by atoms with van der Waals surface area (Å²) in [6.45, 7) is 0. The molecule has 5 nitrogen and oxygen atoms in total. The molecule has 0 radical (unpaired) electrons. The van der Waals surface area contributed by atoms with Crippen molar-refractivity contribution in [1.29, 1.82) is 0 Å². The number of aromatic nitrogens is 2. The fraction of sp³-hybridized carbons (Fsp3) is 0.0455. The number of aliphatic imine (C=N–C) groups is 1. The third-order valence-electron chi connectivity index (χ3n) is 14.8. The third kappa shape index (κ3) is 6.09. The van der Waals surface area contributed by atoms with E-state index >= 15 is 0 Å². The number of allylic oxidation sites excluding steroid dienone is 3. The molecule has 9 aromatic carbocycles. The first-order valence-electron chi connectivity index (χ1n) is 24.5. The lowest BCUT2D eigenvalue weighted by atomic mass is 9.92. The maximum absolute atomic E-state index is 6.44. The molecule has 334 valence electrons. The van der Waals surface area contributed by atoms with Crippen LogP contribution >= 0.6 is 0 Å². The Hall–Kier alpha value is -9.19. The maximum Gasteiger partial charge on any atom is 0.136 e. The molecule has 1 aliphatic carbocycles. The number of furan rings is 2. The Labute approximate surface area is 408 Å². The van der Waals surface area contributed by atoms with Crippen LogP contribution in [0.5, 0.6) is 0 Å². The number of para-hydroxylation sites is 4. The molecular weight excluding hydrogens is 867 g/mol. The number of benzene rings is 9. The Kier molecular flexibility index (Phi) is 8.78. The van der Waals surface area contributed by atoms with Gasteiger partial charge in [-0.1, -0.05) is 152 Å². The van der Waals surface area contributed by atoms with E-state index in [9.17, 15) is 0 Å². The highest BCUT2D eigenvalue weighted by atomic mass is 16.3. The lowest BCUT2D eigenvalue weighted by molar-refractivity contribution is 0.603. The fourth-order valence-corrected chi connectivity index (χ4v) is 11.8. The minimum Gasteiger partial charge on any atom is -0.456 e. The Morgan fingerprint density at radius 1 is 0.437 bits per heavy atom. The molecule has 5 heteroatoms. The smallest absolute Gasteiger partial charge is 0.136 e. The van der Waals surface area contributed by atoms with Gasteiger partial charge in [0, 0.05) is 60.2 Å². The standard InChI is InChI=1S/C66H43N3O2/c1-6-31-55-49(22-1)63-45(47-21-3-10-37-61-65(47)51-24-4-8-35-59(51)70-61)26-13-33-57(63)68(55)43-19-11-17-41(39-43)53-29-16-30-54(67-53)42-18-12-20-44(40-42)69-56-32-7-2-23-50(56)64-46(27-14-34-58(64)69)48-28-15-38-62-66(48)52-25-5-9-36-60(52)71-62/h1-2,4-29,31-40,54H,3,30H2. The molecule has 0 amide bonds. The van der Waals surface area contributed by atoms with Crippen LogP contribution in [0.4, 0.5) is 0 Å². The highest BCUT2D eigenvalue weighted by Gasteiger charge is 2.25. The molecule has 13 aromatic rings. The minimum absolute atomic E-state index is 0.0451. The van der Waals surface area contributed by atoms with Crippen molar-refractivity contribution in [2.75, 3.05) is 0 Å². The molecule has 0 N–H and O–H groups in total. The van der Waals surface area contributed by atoms with Crippen LogP contribution in [0.25, 0.3) is 111 Å². The van der Waals surface area contributed by atoms with Gasteiger partial charge in [0.25, 0.3) is 0 Å². The Morgan fingerprint density at radius 3 is 1.79 bits per heavy atom. The molecule has 0 saturated heterocycles. The van der Waals surface area contributed by atoms with Crippen molar-refractivity contribution in [2.24, 2.45) is 4.99 Å². The summed E-state index contributed by atoms with van der Waals surface area (Å²) in [4.78, 5) is 5.52. The molecule has 0 bridgehead atoms. The fourth-order valence-electron chi connectivity index (χ4n) is 11.8. The van der Waals surface area contributed by atoms with Crippen LogP contribution in [0, 0.1) is 0 Å². The van der Waals surface area contributed by atoms with Crippen molar-refractivity contribution in [3.8, 4) is 22.5 Å². The summed E-state index contributed by atoms with van der Waals surface area (Å²) in [6.07, 6.45) is 12.8. The van der Waals surface area contributed by atoms with Gasteiger partial charge in [0.1, 0.15) is 22.5 Å². The van der Waals surface area contributed by atoms with Gasteiger partial charge in [-0.25, -0.2) is 0 Å². The third-order valence-corrected chi connectivity index (χ3v) is 14.8. The van der Waals surface area contributed by atoms with Gasteiger partial charge >= 0.3 is 0 Å².